The summed E-state index contributed by atoms with van der Waals surface area (Å²) in [5.41, 5.74) is 0.491. The largest absolute Gasteiger partial charge is 0.328 e. The van der Waals surface area contributed by atoms with Crippen molar-refractivity contribution in [3.63, 3.8) is 0 Å². The maximum absolute atomic E-state index is 12.9. The van der Waals surface area contributed by atoms with Crippen LogP contribution in [0.3, 0.4) is 0 Å². The van der Waals surface area contributed by atoms with E-state index >= 15 is 0 Å². The third kappa shape index (κ3) is 3.81. The summed E-state index contributed by atoms with van der Waals surface area (Å²) < 4.78 is 27.8. The fraction of sp³-hybridized carbons (Fsp3) is 0. The summed E-state index contributed by atoms with van der Waals surface area (Å²) in [6, 6.07) is 21.2. The average Bonchev–Trinajstić information content (AvgIpc) is 2.76. The van der Waals surface area contributed by atoms with E-state index in [4.69, 9.17) is 0 Å². The van der Waals surface area contributed by atoms with E-state index in [1.807, 2.05) is 0 Å². The van der Waals surface area contributed by atoms with Gasteiger partial charge < -0.3 is 10.3 Å². The Morgan fingerprint density at radius 2 is 1.37 bits per heavy atom. The molecule has 8 heteroatoms. The minimum Gasteiger partial charge on any atom is -0.328 e. The van der Waals surface area contributed by atoms with Gasteiger partial charge in [-0.15, -0.1) is 0 Å². The molecule has 0 aliphatic carbocycles. The molecule has 0 radical (unpaired) electrons. The van der Waals surface area contributed by atoms with Crippen molar-refractivity contribution in [2.45, 2.75) is 4.90 Å². The van der Waals surface area contributed by atoms with E-state index in [1.54, 1.807) is 66.7 Å². The number of carbonyl (C=O) groups is 1. The lowest BCUT2D eigenvalue weighted by atomic mass is 10.1. The van der Waals surface area contributed by atoms with Crippen LogP contribution in [0.4, 0.5) is 11.4 Å². The van der Waals surface area contributed by atoms with Crippen molar-refractivity contribution >= 4 is 38.1 Å². The van der Waals surface area contributed by atoms with Crippen LogP contribution in [0.5, 0.6) is 0 Å². The second-order valence-electron chi connectivity index (χ2n) is 6.50. The highest BCUT2D eigenvalue weighted by Gasteiger charge is 2.18. The molecule has 0 atom stereocenters. The summed E-state index contributed by atoms with van der Waals surface area (Å²) in [7, 11) is -3.83. The van der Waals surface area contributed by atoms with E-state index in [2.05, 4.69) is 15.0 Å². The molecule has 3 N–H and O–H groups in total. The molecule has 0 saturated carbocycles. The zero-order valence-electron chi connectivity index (χ0n) is 15.6. The van der Waals surface area contributed by atoms with Gasteiger partial charge in [0, 0.05) is 17.0 Å². The van der Waals surface area contributed by atoms with Gasteiger partial charge in [-0.2, -0.15) is 0 Å². The molecular formula is C22H17N3O4S. The highest BCUT2D eigenvalue weighted by atomic mass is 32.2. The number of aromatic amines is 1. The molecule has 0 aliphatic rings. The summed E-state index contributed by atoms with van der Waals surface area (Å²) in [6.07, 6.45) is 1.34. The van der Waals surface area contributed by atoms with Crippen molar-refractivity contribution < 1.29 is 13.2 Å². The van der Waals surface area contributed by atoms with Gasteiger partial charge in [0.2, 0.25) is 0 Å². The number of sulfonamides is 1. The lowest BCUT2D eigenvalue weighted by Gasteiger charge is -2.14. The summed E-state index contributed by atoms with van der Waals surface area (Å²) in [5.74, 6) is -0.478. The Bertz CT molecular complexity index is 1400. The van der Waals surface area contributed by atoms with Crippen molar-refractivity contribution in [3.05, 3.63) is 101 Å². The number of para-hydroxylation sites is 2. The van der Waals surface area contributed by atoms with Crippen LogP contribution in [0.2, 0.25) is 0 Å². The van der Waals surface area contributed by atoms with Crippen molar-refractivity contribution in [1.82, 2.24) is 4.98 Å². The number of aromatic nitrogens is 1. The fourth-order valence-corrected chi connectivity index (χ4v) is 4.17. The van der Waals surface area contributed by atoms with E-state index in [0.717, 1.165) is 0 Å². The number of fused-ring (bicyclic) bond motifs is 1. The van der Waals surface area contributed by atoms with Crippen LogP contribution in [-0.2, 0) is 10.0 Å². The van der Waals surface area contributed by atoms with Crippen LogP contribution in [0, 0.1) is 0 Å². The van der Waals surface area contributed by atoms with Crippen LogP contribution in [0.15, 0.2) is 94.7 Å². The topological polar surface area (TPSA) is 108 Å². The van der Waals surface area contributed by atoms with E-state index in [-0.39, 0.29) is 27.4 Å². The average molecular weight is 419 g/mol. The molecule has 150 valence electrons. The molecule has 3 aromatic carbocycles. The predicted molar refractivity (Wildman–Crippen MR) is 116 cm³/mol. The van der Waals surface area contributed by atoms with Gasteiger partial charge >= 0.3 is 0 Å². The van der Waals surface area contributed by atoms with Gasteiger partial charge in [0.05, 0.1) is 21.8 Å². The van der Waals surface area contributed by atoms with Gasteiger partial charge in [0.1, 0.15) is 0 Å². The first-order valence-corrected chi connectivity index (χ1v) is 10.5. The van der Waals surface area contributed by atoms with Crippen molar-refractivity contribution in [2.24, 2.45) is 0 Å². The van der Waals surface area contributed by atoms with Crippen LogP contribution in [0.1, 0.15) is 10.4 Å². The number of amides is 1. The molecule has 0 unspecified atom stereocenters. The van der Waals surface area contributed by atoms with Gasteiger partial charge in [0.25, 0.3) is 21.5 Å². The number of H-pyrrole nitrogens is 1. The van der Waals surface area contributed by atoms with Crippen LogP contribution in [0.25, 0.3) is 10.8 Å². The molecule has 4 aromatic rings. The maximum atomic E-state index is 12.9. The zero-order valence-corrected chi connectivity index (χ0v) is 16.4. The minimum absolute atomic E-state index is 0.109. The maximum Gasteiger partial charge on any atom is 0.261 e. The molecule has 1 heterocycles. The monoisotopic (exact) mass is 419 g/mol. The third-order valence-electron chi connectivity index (χ3n) is 4.53. The number of hydrogen-bond acceptors (Lipinski definition) is 4. The fourth-order valence-electron chi connectivity index (χ4n) is 3.07. The number of benzene rings is 3. The van der Waals surface area contributed by atoms with E-state index in [0.29, 0.717) is 10.8 Å². The van der Waals surface area contributed by atoms with Gasteiger partial charge in [-0.05, 0) is 30.3 Å². The Labute approximate surface area is 172 Å². The summed E-state index contributed by atoms with van der Waals surface area (Å²) in [5, 5.41) is 3.62. The van der Waals surface area contributed by atoms with Gasteiger partial charge in [-0.25, -0.2) is 8.42 Å². The van der Waals surface area contributed by atoms with Gasteiger partial charge in [0.15, 0.2) is 0 Å². The van der Waals surface area contributed by atoms with Crippen molar-refractivity contribution in [2.75, 3.05) is 10.0 Å². The lowest BCUT2D eigenvalue weighted by Crippen LogP contribution is -2.18. The Hall–Kier alpha value is -3.91. The quantitative estimate of drug-likeness (QED) is 0.459. The van der Waals surface area contributed by atoms with E-state index in [1.165, 1.54) is 18.3 Å². The lowest BCUT2D eigenvalue weighted by molar-refractivity contribution is 0.102. The molecule has 0 saturated heterocycles. The molecular weight excluding hydrogens is 402 g/mol. The van der Waals surface area contributed by atoms with Gasteiger partial charge in [-0.1, -0.05) is 48.5 Å². The number of nitrogens with one attached hydrogen (secondary N) is 3. The molecule has 0 spiro atoms. The SMILES string of the molecule is O=C(Nc1ccccc1NS(=O)(=O)c1ccccc1)c1c[nH]c(=O)c2ccccc12. The highest BCUT2D eigenvalue weighted by Crippen LogP contribution is 2.25. The number of anilines is 2. The first kappa shape index (κ1) is 19.4. The van der Waals surface area contributed by atoms with Crippen molar-refractivity contribution in [1.29, 1.82) is 0 Å². The standard InChI is InChI=1S/C22H17N3O4S/c26-21-17-11-5-4-10-16(17)18(14-23-21)22(27)24-19-12-6-7-13-20(19)25-30(28,29)15-8-2-1-3-9-15/h1-14,25H,(H,23,26)(H,24,27). The molecule has 30 heavy (non-hydrogen) atoms. The first-order valence-electron chi connectivity index (χ1n) is 9.04. The van der Waals surface area contributed by atoms with Crippen LogP contribution < -0.4 is 15.6 Å². The number of hydrogen-bond donors (Lipinski definition) is 3. The Kier molecular flexibility index (Phi) is 5.07. The van der Waals surface area contributed by atoms with Crippen molar-refractivity contribution in [3.8, 4) is 0 Å². The van der Waals surface area contributed by atoms with Crippen LogP contribution >= 0.6 is 0 Å². The Morgan fingerprint density at radius 1 is 0.767 bits per heavy atom. The Balaban J connectivity index is 1.67. The second kappa shape index (κ2) is 7.84. The molecule has 0 aliphatic heterocycles. The number of carbonyl (C=O) groups excluding carboxylic acids is 1. The number of pyridine rings is 1. The first-order chi connectivity index (χ1) is 14.5. The smallest absolute Gasteiger partial charge is 0.261 e. The second-order valence-corrected chi connectivity index (χ2v) is 8.18. The summed E-state index contributed by atoms with van der Waals surface area (Å²) in [6.45, 7) is 0. The predicted octanol–water partition coefficient (Wildman–Crippen LogP) is 3.58. The molecule has 0 fully saturated rings. The van der Waals surface area contributed by atoms with Gasteiger partial charge in [-0.3, -0.25) is 14.3 Å². The zero-order chi connectivity index (χ0) is 21.1. The molecule has 7 nitrogen and oxygen atoms in total. The molecule has 4 rings (SSSR count). The molecule has 0 bridgehead atoms. The normalized spacial score (nSPS) is 11.2. The third-order valence-corrected chi connectivity index (χ3v) is 5.91. The van der Waals surface area contributed by atoms with E-state index < -0.39 is 15.9 Å². The summed E-state index contributed by atoms with van der Waals surface area (Å²) >= 11 is 0. The molecule has 1 aromatic heterocycles. The van der Waals surface area contributed by atoms with E-state index in [9.17, 15) is 18.0 Å². The Morgan fingerprint density at radius 3 is 2.10 bits per heavy atom. The minimum atomic E-state index is -3.83. The van der Waals surface area contributed by atoms with Crippen LogP contribution in [-0.4, -0.2) is 19.3 Å². The molecule has 1 amide bonds. The highest BCUT2D eigenvalue weighted by molar-refractivity contribution is 7.92. The number of rotatable bonds is 5. The summed E-state index contributed by atoms with van der Waals surface area (Å²) in [4.78, 5) is 27.6.